The molecule has 1 aromatic rings. The van der Waals surface area contributed by atoms with Crippen LogP contribution in [0.25, 0.3) is 0 Å². The topological polar surface area (TPSA) is 44.5 Å². The van der Waals surface area contributed by atoms with Gasteiger partial charge in [0.25, 0.3) is 0 Å². The predicted octanol–water partition coefficient (Wildman–Crippen LogP) is 2.84. The lowest BCUT2D eigenvalue weighted by molar-refractivity contribution is 0.348. The molecule has 16 heavy (non-hydrogen) atoms. The number of aryl methyl sites for hydroxylation is 1. The summed E-state index contributed by atoms with van der Waals surface area (Å²) in [7, 11) is 3.28. The largest absolute Gasteiger partial charge is 0.493 e. The van der Waals surface area contributed by atoms with E-state index in [1.807, 2.05) is 13.0 Å². The maximum atomic E-state index is 5.72. The van der Waals surface area contributed by atoms with Gasteiger partial charge in [-0.2, -0.15) is 0 Å². The number of rotatable bonds is 4. The number of hydrogen-bond acceptors (Lipinski definition) is 3. The molecule has 1 unspecified atom stereocenters. The van der Waals surface area contributed by atoms with Crippen LogP contribution < -0.4 is 15.2 Å². The number of halogens is 1. The Hall–Kier alpha value is -0.740. The number of benzene rings is 1. The summed E-state index contributed by atoms with van der Waals surface area (Å²) in [4.78, 5) is 0. The van der Waals surface area contributed by atoms with Crippen molar-refractivity contribution < 1.29 is 9.47 Å². The summed E-state index contributed by atoms with van der Waals surface area (Å²) in [5, 5.41) is 0. The monoisotopic (exact) mass is 287 g/mol. The molecular weight excluding hydrogens is 270 g/mol. The second-order valence-corrected chi connectivity index (χ2v) is 4.65. The number of nitrogens with two attached hydrogens (primary N) is 1. The first kappa shape index (κ1) is 13.3. The van der Waals surface area contributed by atoms with Crippen molar-refractivity contribution in [3.8, 4) is 11.5 Å². The van der Waals surface area contributed by atoms with Crippen molar-refractivity contribution in [1.82, 2.24) is 0 Å². The zero-order valence-corrected chi connectivity index (χ0v) is 11.7. The van der Waals surface area contributed by atoms with E-state index in [0.717, 1.165) is 27.1 Å². The quantitative estimate of drug-likeness (QED) is 0.926. The summed E-state index contributed by atoms with van der Waals surface area (Å²) in [6, 6.07) is 2.03. The fourth-order valence-electron chi connectivity index (χ4n) is 1.87. The second kappa shape index (κ2) is 5.55. The average Bonchev–Trinajstić information content (AvgIpc) is 2.27. The molecule has 0 bridgehead atoms. The first-order valence-electron chi connectivity index (χ1n) is 5.17. The van der Waals surface area contributed by atoms with Crippen molar-refractivity contribution in [2.24, 2.45) is 5.73 Å². The van der Waals surface area contributed by atoms with Gasteiger partial charge in [-0.15, -0.1) is 0 Å². The summed E-state index contributed by atoms with van der Waals surface area (Å²) >= 11 is 3.47. The normalized spacial score (nSPS) is 12.4. The fourth-order valence-corrected chi connectivity index (χ4v) is 2.55. The molecule has 1 atom stereocenters. The van der Waals surface area contributed by atoms with Crippen LogP contribution in [0.3, 0.4) is 0 Å². The van der Waals surface area contributed by atoms with Crippen molar-refractivity contribution >= 4 is 15.9 Å². The van der Waals surface area contributed by atoms with E-state index in [2.05, 4.69) is 22.9 Å². The van der Waals surface area contributed by atoms with Crippen LogP contribution in [0.4, 0.5) is 0 Å². The van der Waals surface area contributed by atoms with Crippen LogP contribution in [0.2, 0.25) is 0 Å². The molecule has 4 heteroatoms. The van der Waals surface area contributed by atoms with Crippen LogP contribution in [-0.4, -0.2) is 20.8 Å². The van der Waals surface area contributed by atoms with Crippen molar-refractivity contribution in [1.29, 1.82) is 0 Å². The van der Waals surface area contributed by atoms with E-state index >= 15 is 0 Å². The Kier molecular flexibility index (Phi) is 4.62. The molecule has 2 N–H and O–H groups in total. The van der Waals surface area contributed by atoms with Gasteiger partial charge in [0.15, 0.2) is 11.5 Å². The third-order valence-electron chi connectivity index (χ3n) is 2.69. The minimum Gasteiger partial charge on any atom is -0.493 e. The maximum absolute atomic E-state index is 5.72. The van der Waals surface area contributed by atoms with Gasteiger partial charge in [0.1, 0.15) is 0 Å². The van der Waals surface area contributed by atoms with E-state index in [4.69, 9.17) is 15.2 Å². The highest BCUT2D eigenvalue weighted by atomic mass is 79.9. The fraction of sp³-hybridized carbons (Fsp3) is 0.500. The Morgan fingerprint density at radius 2 is 1.88 bits per heavy atom. The van der Waals surface area contributed by atoms with Gasteiger partial charge in [0.05, 0.1) is 18.7 Å². The van der Waals surface area contributed by atoms with Crippen molar-refractivity contribution in [2.45, 2.75) is 19.8 Å². The van der Waals surface area contributed by atoms with Crippen molar-refractivity contribution in [2.75, 3.05) is 20.8 Å². The number of hydrogen-bond donors (Lipinski definition) is 1. The average molecular weight is 288 g/mol. The lowest BCUT2D eigenvalue weighted by atomic mass is 9.95. The van der Waals surface area contributed by atoms with Gasteiger partial charge < -0.3 is 15.2 Å². The zero-order valence-electron chi connectivity index (χ0n) is 10.1. The molecule has 0 amide bonds. The van der Waals surface area contributed by atoms with Crippen LogP contribution in [-0.2, 0) is 0 Å². The standard InChI is InChI=1S/C12H18BrNO2/c1-7-5-9(13)11(15-3)12(16-4)10(7)8(2)6-14/h5,8H,6,14H2,1-4H3. The van der Waals surface area contributed by atoms with Gasteiger partial charge in [0.2, 0.25) is 0 Å². The highest BCUT2D eigenvalue weighted by molar-refractivity contribution is 9.10. The van der Waals surface area contributed by atoms with Gasteiger partial charge >= 0.3 is 0 Å². The lowest BCUT2D eigenvalue weighted by Crippen LogP contribution is -2.12. The Balaban J connectivity index is 3.45. The molecule has 0 radical (unpaired) electrons. The molecule has 0 aliphatic heterocycles. The van der Waals surface area contributed by atoms with Crippen molar-refractivity contribution in [3.05, 3.63) is 21.7 Å². The number of ether oxygens (including phenoxy) is 2. The van der Waals surface area contributed by atoms with Gasteiger partial charge in [0, 0.05) is 5.56 Å². The molecule has 0 spiro atoms. The highest BCUT2D eigenvalue weighted by Gasteiger charge is 2.20. The predicted molar refractivity (Wildman–Crippen MR) is 69.5 cm³/mol. The zero-order chi connectivity index (χ0) is 12.3. The van der Waals surface area contributed by atoms with Gasteiger partial charge in [-0.1, -0.05) is 6.92 Å². The molecule has 0 fully saturated rings. The third-order valence-corrected chi connectivity index (χ3v) is 3.28. The molecule has 3 nitrogen and oxygen atoms in total. The van der Waals surface area contributed by atoms with Gasteiger partial charge in [-0.3, -0.25) is 0 Å². The first-order chi connectivity index (χ1) is 7.56. The van der Waals surface area contributed by atoms with E-state index in [9.17, 15) is 0 Å². The number of methoxy groups -OCH3 is 2. The molecule has 0 aliphatic rings. The molecule has 0 heterocycles. The summed E-state index contributed by atoms with van der Waals surface area (Å²) in [6.07, 6.45) is 0. The molecule has 0 aliphatic carbocycles. The van der Waals surface area contributed by atoms with Crippen LogP contribution in [0, 0.1) is 6.92 Å². The van der Waals surface area contributed by atoms with Crippen LogP contribution >= 0.6 is 15.9 Å². The van der Waals surface area contributed by atoms with Gasteiger partial charge in [-0.25, -0.2) is 0 Å². The van der Waals surface area contributed by atoms with Crippen LogP contribution in [0.5, 0.6) is 11.5 Å². The summed E-state index contributed by atoms with van der Waals surface area (Å²) in [5.41, 5.74) is 7.99. The Morgan fingerprint density at radius 1 is 1.31 bits per heavy atom. The Morgan fingerprint density at radius 3 is 2.31 bits per heavy atom. The van der Waals surface area contributed by atoms with E-state index < -0.39 is 0 Å². The van der Waals surface area contributed by atoms with Crippen LogP contribution in [0.15, 0.2) is 10.5 Å². The Labute approximate surface area is 105 Å². The summed E-state index contributed by atoms with van der Waals surface area (Å²) in [5.74, 6) is 1.74. The smallest absolute Gasteiger partial charge is 0.175 e. The Bertz CT molecular complexity index is 380. The minimum absolute atomic E-state index is 0.247. The lowest BCUT2D eigenvalue weighted by Gasteiger charge is -2.20. The van der Waals surface area contributed by atoms with Crippen LogP contribution in [0.1, 0.15) is 24.0 Å². The summed E-state index contributed by atoms with van der Waals surface area (Å²) in [6.45, 7) is 4.72. The molecule has 1 aromatic carbocycles. The van der Waals surface area contributed by atoms with E-state index in [1.165, 1.54) is 0 Å². The van der Waals surface area contributed by atoms with E-state index in [0.29, 0.717) is 6.54 Å². The molecule has 0 saturated carbocycles. The van der Waals surface area contributed by atoms with Gasteiger partial charge in [-0.05, 0) is 46.9 Å². The SMILES string of the molecule is COc1c(Br)cc(C)c(C(C)CN)c1OC. The third kappa shape index (κ3) is 2.33. The van der Waals surface area contributed by atoms with E-state index in [1.54, 1.807) is 14.2 Å². The minimum atomic E-state index is 0.247. The second-order valence-electron chi connectivity index (χ2n) is 3.79. The molecule has 1 rings (SSSR count). The summed E-state index contributed by atoms with van der Waals surface area (Å²) < 4.78 is 11.7. The molecular formula is C12H18BrNO2. The molecule has 0 saturated heterocycles. The molecule has 0 aromatic heterocycles. The maximum Gasteiger partial charge on any atom is 0.175 e. The van der Waals surface area contributed by atoms with Crippen molar-refractivity contribution in [3.63, 3.8) is 0 Å². The molecule has 90 valence electrons. The van der Waals surface area contributed by atoms with E-state index in [-0.39, 0.29) is 5.92 Å². The first-order valence-corrected chi connectivity index (χ1v) is 5.97. The highest BCUT2D eigenvalue weighted by Crippen LogP contribution is 2.42.